The number of rotatable bonds is 46. The maximum atomic E-state index is 14.6. The number of carbonyl (C=O) groups excluding carboxylic acids is 11. The molecule has 0 radical (unpaired) electrons. The Bertz CT molecular complexity index is 3210. The van der Waals surface area contributed by atoms with Gasteiger partial charge in [-0.1, -0.05) is 111 Å². The smallest absolute Gasteiger partial charge is 0.312 e. The van der Waals surface area contributed by atoms with Gasteiger partial charge in [-0.05, 0) is 86.7 Å². The number of urea groups is 1. The Balaban J connectivity index is 1.39. The van der Waals surface area contributed by atoms with Crippen molar-refractivity contribution in [2.45, 2.75) is 174 Å². The number of hydrogen-bond acceptors (Lipinski definition) is 19. The van der Waals surface area contributed by atoms with Gasteiger partial charge in [0.2, 0.25) is 51.4 Å². The third-order valence-electron chi connectivity index (χ3n) is 18.1. The van der Waals surface area contributed by atoms with E-state index < -0.39 is 129 Å². The molecule has 0 unspecified atom stereocenters. The van der Waals surface area contributed by atoms with Crippen LogP contribution in [-0.2, 0) is 93.8 Å². The maximum Gasteiger partial charge on any atom is 0.312 e. The van der Waals surface area contributed by atoms with Crippen LogP contribution >= 0.6 is 0 Å². The van der Waals surface area contributed by atoms with Crippen molar-refractivity contribution in [3.63, 3.8) is 0 Å². The monoisotopic (exact) mass is 1450 g/mol. The standard InChI is InChI=1S/C71H112N12O18S/c1-15-47(8)63(81(12)70(93)61(45(4)5)78-69(92)62(46(6)7)80(10)11)55(97-13)42-59(87)82-33-20-24-54(82)64(98-14)48(9)65(88)76-53(41-49-21-17-16-18-22-49)67(90)79-102(95,96)43-50-25-27-51(28-26-50)74-66(89)52(23-19-32-73-71(72)94)75-68(91)60(44(2)3)77-56(84)31-35-99-37-39-101-40-38-100-36-34-83-57(85)29-30-58(83)86/h16-18,21-22,25-30,44-48,52-55,60-64H,15,19-20,23-24,31-43H2,1-14H3,(H,74,89)(H,75,91)(H,76,88)(H,77,84)(H,78,92)(H,79,90)(H3,72,73,94)/t47-,48+,52-,53-,54-,55+,60-,61-,62-,63-,64+/m0/s1. The molecule has 31 heteroatoms. The van der Waals surface area contributed by atoms with Gasteiger partial charge >= 0.3 is 6.03 Å². The lowest BCUT2D eigenvalue weighted by atomic mass is 9.89. The van der Waals surface area contributed by atoms with Crippen LogP contribution in [0.3, 0.4) is 0 Å². The van der Waals surface area contributed by atoms with Crippen molar-refractivity contribution in [1.29, 1.82) is 0 Å². The highest BCUT2D eigenvalue weighted by Gasteiger charge is 2.44. The Kier molecular flexibility index (Phi) is 36.7. The van der Waals surface area contributed by atoms with Crippen LogP contribution in [0.1, 0.15) is 118 Å². The summed E-state index contributed by atoms with van der Waals surface area (Å²) in [6.45, 7) is 18.1. The molecule has 0 aliphatic carbocycles. The Morgan fingerprint density at radius 3 is 1.82 bits per heavy atom. The minimum absolute atomic E-state index is 0.00736. The number of nitrogens with two attached hydrogens (primary N) is 1. The van der Waals surface area contributed by atoms with Gasteiger partial charge in [-0.2, -0.15) is 0 Å². The van der Waals surface area contributed by atoms with Crippen molar-refractivity contribution < 1.29 is 84.8 Å². The van der Waals surface area contributed by atoms with E-state index in [1.54, 1.807) is 68.0 Å². The summed E-state index contributed by atoms with van der Waals surface area (Å²) in [5.41, 5.74) is 6.27. The molecule has 0 aromatic heterocycles. The molecule has 30 nitrogen and oxygen atoms in total. The van der Waals surface area contributed by atoms with Gasteiger partial charge in [0.1, 0.15) is 24.2 Å². The van der Waals surface area contributed by atoms with E-state index in [4.69, 9.17) is 29.4 Å². The van der Waals surface area contributed by atoms with Gasteiger partial charge in [0.15, 0.2) is 0 Å². The number of amides is 12. The molecule has 2 heterocycles. The van der Waals surface area contributed by atoms with Gasteiger partial charge < -0.3 is 71.1 Å². The summed E-state index contributed by atoms with van der Waals surface area (Å²) in [7, 11) is 3.77. The van der Waals surface area contributed by atoms with Crippen molar-refractivity contribution in [1.82, 2.24) is 50.9 Å². The van der Waals surface area contributed by atoms with E-state index in [1.165, 1.54) is 50.6 Å². The second-order valence-corrected chi connectivity index (χ2v) is 28.9. The lowest BCUT2D eigenvalue weighted by Gasteiger charge is -2.41. The summed E-state index contributed by atoms with van der Waals surface area (Å²) >= 11 is 0. The Morgan fingerprint density at radius 2 is 1.26 bits per heavy atom. The first kappa shape index (κ1) is 86.5. The van der Waals surface area contributed by atoms with Crippen molar-refractivity contribution in [3.8, 4) is 0 Å². The molecule has 2 aromatic rings. The quantitative estimate of drug-likeness (QED) is 0.0348. The van der Waals surface area contributed by atoms with Crippen molar-refractivity contribution in [3.05, 3.63) is 77.9 Å². The second kappa shape index (κ2) is 43.2. The number of nitrogens with one attached hydrogen (secondary N) is 7. The molecule has 0 bridgehead atoms. The van der Waals surface area contributed by atoms with Crippen LogP contribution < -0.4 is 42.4 Å². The summed E-state index contributed by atoms with van der Waals surface area (Å²) in [5.74, 6) is -7.71. The summed E-state index contributed by atoms with van der Waals surface area (Å²) in [6.07, 6.45) is 2.33. The number of sulfonamides is 1. The average molecular weight is 1450 g/mol. The van der Waals surface area contributed by atoms with E-state index in [0.717, 1.165) is 4.90 Å². The minimum atomic E-state index is -4.47. The van der Waals surface area contributed by atoms with E-state index in [0.29, 0.717) is 31.4 Å². The van der Waals surface area contributed by atoms with Crippen LogP contribution in [0.5, 0.6) is 0 Å². The molecule has 0 spiro atoms. The number of ether oxygens (including phenoxy) is 5. The third kappa shape index (κ3) is 27.7. The number of hydrogen-bond donors (Lipinski definition) is 8. The Hall–Kier alpha value is -7.94. The van der Waals surface area contributed by atoms with Crippen molar-refractivity contribution in [2.75, 3.05) is 100.0 Å². The molecule has 2 aliphatic heterocycles. The predicted octanol–water partition coefficient (Wildman–Crippen LogP) is 2.38. The highest BCUT2D eigenvalue weighted by molar-refractivity contribution is 7.89. The van der Waals surface area contributed by atoms with Crippen LogP contribution in [0.25, 0.3) is 0 Å². The molecular formula is C71H112N12O18S. The molecule has 9 N–H and O–H groups in total. The Morgan fingerprint density at radius 1 is 0.667 bits per heavy atom. The number of likely N-dealkylation sites (N-methyl/N-ethyl adjacent to an activating group) is 2. The fourth-order valence-electron chi connectivity index (χ4n) is 12.5. The molecule has 1 fully saturated rings. The van der Waals surface area contributed by atoms with Crippen LogP contribution in [0.4, 0.5) is 10.5 Å². The summed E-state index contributed by atoms with van der Waals surface area (Å²) < 4.78 is 58.3. The van der Waals surface area contributed by atoms with Crippen LogP contribution in [-0.4, -0.2) is 242 Å². The second-order valence-electron chi connectivity index (χ2n) is 27.2. The summed E-state index contributed by atoms with van der Waals surface area (Å²) in [6, 6.07) is 7.38. The van der Waals surface area contributed by atoms with Crippen molar-refractivity contribution >= 4 is 80.8 Å². The summed E-state index contributed by atoms with van der Waals surface area (Å²) in [5, 5.41) is 16.4. The van der Waals surface area contributed by atoms with Gasteiger partial charge in [-0.3, -0.25) is 62.5 Å². The zero-order valence-electron chi connectivity index (χ0n) is 61.8. The molecule has 2 aliphatic rings. The SMILES string of the molecule is CC[C@H](C)[C@@H]([C@@H](CC(=O)N1CCC[C@H]1[C@H](OC)[C@@H](C)C(=O)N[C@@H](Cc1ccccc1)C(=O)NS(=O)(=O)Cc1ccc(NC(=O)[C@H](CCCNC(N)=O)NC(=O)[C@@H](NC(=O)CCOCCOCCOCCN2C(=O)C=CC2=O)C(C)C)cc1)OC)N(C)C(=O)[C@@H](NC(=O)[C@H](C(C)C)N(C)C)C(C)C. The number of likely N-dealkylation sites (tertiary alicyclic amines) is 1. The first-order valence-corrected chi connectivity index (χ1v) is 36.7. The van der Waals surface area contributed by atoms with Gasteiger partial charge in [-0.15, -0.1) is 0 Å². The number of primary amides is 1. The highest BCUT2D eigenvalue weighted by Crippen LogP contribution is 2.30. The van der Waals surface area contributed by atoms with Crippen LogP contribution in [0, 0.1) is 29.6 Å². The zero-order chi connectivity index (χ0) is 76.0. The minimum Gasteiger partial charge on any atom is -0.379 e. The lowest BCUT2D eigenvalue weighted by molar-refractivity contribution is -0.148. The third-order valence-corrected chi connectivity index (χ3v) is 19.4. The van der Waals surface area contributed by atoms with E-state index in [9.17, 15) is 61.2 Å². The van der Waals surface area contributed by atoms with Crippen molar-refractivity contribution in [2.24, 2.45) is 35.3 Å². The first-order valence-electron chi connectivity index (χ1n) is 35.0. The number of benzene rings is 2. The van der Waals surface area contributed by atoms with Gasteiger partial charge in [0, 0.05) is 65.0 Å². The van der Waals surface area contributed by atoms with E-state index >= 15 is 0 Å². The fourth-order valence-corrected chi connectivity index (χ4v) is 13.7. The molecule has 11 atom stereocenters. The number of anilines is 1. The van der Waals surface area contributed by atoms with E-state index in [2.05, 4.69) is 36.6 Å². The first-order chi connectivity index (χ1) is 48.2. The number of carbonyl (C=O) groups is 11. The molecule has 1 saturated heterocycles. The molecule has 4 rings (SSSR count). The van der Waals surface area contributed by atoms with Crippen LogP contribution in [0.2, 0.25) is 0 Å². The number of methoxy groups -OCH3 is 2. The average Bonchev–Trinajstić information content (AvgIpc) is 1.73. The summed E-state index contributed by atoms with van der Waals surface area (Å²) in [4.78, 5) is 153. The molecule has 12 amide bonds. The molecule has 0 saturated carbocycles. The van der Waals surface area contributed by atoms with Crippen LogP contribution in [0.15, 0.2) is 66.7 Å². The van der Waals surface area contributed by atoms with E-state index in [1.807, 2.05) is 60.5 Å². The molecular weight excluding hydrogens is 1340 g/mol. The van der Waals surface area contributed by atoms with Gasteiger partial charge in [-0.25, -0.2) is 13.2 Å². The highest BCUT2D eigenvalue weighted by atomic mass is 32.2. The fraction of sp³-hybridized carbons (Fsp3) is 0.648. The zero-order valence-corrected chi connectivity index (χ0v) is 62.6. The number of nitrogens with zero attached hydrogens (tertiary/aromatic N) is 4. The molecule has 2 aromatic carbocycles. The topological polar surface area (TPSA) is 391 Å². The molecule has 570 valence electrons. The molecule has 102 heavy (non-hydrogen) atoms. The normalized spacial score (nSPS) is 16.9. The maximum absolute atomic E-state index is 14.6. The van der Waals surface area contributed by atoms with Gasteiger partial charge in [0.25, 0.3) is 17.7 Å². The lowest BCUT2D eigenvalue weighted by Crippen LogP contribution is -2.59. The van der Waals surface area contributed by atoms with Gasteiger partial charge in [0.05, 0.1) is 94.6 Å². The Labute approximate surface area is 601 Å². The predicted molar refractivity (Wildman–Crippen MR) is 382 cm³/mol. The number of imide groups is 1. The largest absolute Gasteiger partial charge is 0.379 e. The van der Waals surface area contributed by atoms with E-state index in [-0.39, 0.29) is 132 Å².